The molecule has 1 fully saturated rings. The van der Waals surface area contributed by atoms with Crippen molar-refractivity contribution in [2.45, 2.75) is 52.8 Å². The minimum Gasteiger partial charge on any atom is -0.444 e. The molecule has 4 N–H and O–H groups in total. The number of piperazine rings is 1. The second-order valence-electron chi connectivity index (χ2n) is 10.4. The molecule has 1 aromatic carbocycles. The van der Waals surface area contributed by atoms with E-state index in [1.165, 1.54) is 6.92 Å². The van der Waals surface area contributed by atoms with Gasteiger partial charge in [0.25, 0.3) is 0 Å². The van der Waals surface area contributed by atoms with E-state index < -0.39 is 11.6 Å². The van der Waals surface area contributed by atoms with Crippen molar-refractivity contribution in [3.63, 3.8) is 0 Å². The number of nitrogens with zero attached hydrogens (tertiary/aromatic N) is 4. The summed E-state index contributed by atoms with van der Waals surface area (Å²) in [6.07, 6.45) is 1.47. The lowest BCUT2D eigenvalue weighted by molar-refractivity contribution is 0.00459. The minimum atomic E-state index is -0.599. The van der Waals surface area contributed by atoms with Gasteiger partial charge in [0.2, 0.25) is 5.95 Å². The first kappa shape index (κ1) is 26.9. The molecule has 38 heavy (non-hydrogen) atoms. The number of benzene rings is 1. The zero-order valence-electron chi connectivity index (χ0n) is 22.3. The number of aromatic nitrogens is 3. The predicted octanol–water partition coefficient (Wildman–Crippen LogP) is 3.80. The van der Waals surface area contributed by atoms with Crippen molar-refractivity contribution in [3.8, 4) is 0 Å². The number of carbonyl (C=O) groups is 2. The van der Waals surface area contributed by atoms with Gasteiger partial charge in [0.1, 0.15) is 17.3 Å². The lowest BCUT2D eigenvalue weighted by Gasteiger charge is -2.40. The molecule has 12 heteroatoms. The Hall–Kier alpha value is -4.19. The zero-order chi connectivity index (χ0) is 27.4. The number of carbonyl (C=O) groups excluding carboxylic acids is 2. The maximum Gasteiger partial charge on any atom is 0.410 e. The molecule has 0 saturated carbocycles. The van der Waals surface area contributed by atoms with Crippen molar-refractivity contribution in [2.75, 3.05) is 25.0 Å². The summed E-state index contributed by atoms with van der Waals surface area (Å²) in [5.74, 6) is 0.549. The summed E-state index contributed by atoms with van der Waals surface area (Å²) in [5.41, 5.74) is 4.46. The van der Waals surface area contributed by atoms with Crippen LogP contribution < -0.4 is 10.8 Å². The van der Waals surface area contributed by atoms with Gasteiger partial charge in [-0.3, -0.25) is 10.3 Å². The fourth-order valence-electron chi connectivity index (χ4n) is 4.10. The quantitative estimate of drug-likeness (QED) is 0.223. The molecule has 3 heterocycles. The maximum atomic E-state index is 12.4. The summed E-state index contributed by atoms with van der Waals surface area (Å²) in [5, 5.41) is 10.5. The second-order valence-corrected chi connectivity index (χ2v) is 10.4. The van der Waals surface area contributed by atoms with Crippen molar-refractivity contribution in [3.05, 3.63) is 47.7 Å². The van der Waals surface area contributed by atoms with E-state index in [-0.39, 0.29) is 18.0 Å². The first-order chi connectivity index (χ1) is 18.0. The van der Waals surface area contributed by atoms with Crippen LogP contribution in [0.2, 0.25) is 0 Å². The minimum absolute atomic E-state index is 0.0275. The molecule has 1 atom stereocenters. The number of nitrogens with one attached hydrogen (secondary N) is 4. The summed E-state index contributed by atoms with van der Waals surface area (Å²) in [6.45, 7) is 11.9. The Morgan fingerprint density at radius 1 is 1.21 bits per heavy atom. The highest BCUT2D eigenvalue weighted by Crippen LogP contribution is 2.21. The average Bonchev–Trinajstić information content (AvgIpc) is 3.24. The second kappa shape index (κ2) is 11.1. The van der Waals surface area contributed by atoms with E-state index in [4.69, 9.17) is 15.0 Å². The van der Waals surface area contributed by atoms with E-state index in [9.17, 15) is 9.59 Å². The van der Waals surface area contributed by atoms with Gasteiger partial charge in [0.05, 0.1) is 16.6 Å². The SMILES string of the molecule is CC(=N)NOC(=O)c1ccc2nc(Nc3cc(CN4CCN(C(=O)OC(C)(C)C)C[C@H]4C)ccn3)[nH]c2c1. The number of hydroxylamine groups is 1. The van der Waals surface area contributed by atoms with Gasteiger partial charge in [-0.1, -0.05) is 0 Å². The van der Waals surface area contributed by atoms with Gasteiger partial charge >= 0.3 is 12.1 Å². The van der Waals surface area contributed by atoms with Crippen LogP contribution in [0.25, 0.3) is 11.0 Å². The van der Waals surface area contributed by atoms with Crippen molar-refractivity contribution in [2.24, 2.45) is 0 Å². The summed E-state index contributed by atoms with van der Waals surface area (Å²) in [7, 11) is 0. The number of aromatic amines is 1. The van der Waals surface area contributed by atoms with E-state index in [1.807, 2.05) is 32.9 Å². The number of anilines is 2. The highest BCUT2D eigenvalue weighted by Gasteiger charge is 2.29. The molecule has 12 nitrogen and oxygen atoms in total. The molecule has 0 unspecified atom stereocenters. The number of hydrogen-bond donors (Lipinski definition) is 4. The molecule has 1 amide bonds. The highest BCUT2D eigenvalue weighted by molar-refractivity contribution is 5.94. The Labute approximate surface area is 221 Å². The molecule has 1 saturated heterocycles. The monoisotopic (exact) mass is 522 g/mol. The summed E-state index contributed by atoms with van der Waals surface area (Å²) < 4.78 is 5.52. The van der Waals surface area contributed by atoms with E-state index in [0.29, 0.717) is 41.5 Å². The maximum absolute atomic E-state index is 12.4. The molecular formula is C26H34N8O4. The Morgan fingerprint density at radius 3 is 2.71 bits per heavy atom. The number of rotatable bonds is 5. The number of amidine groups is 1. The lowest BCUT2D eigenvalue weighted by atomic mass is 10.1. The standard InChI is InChI=1S/C26H34N8O4/c1-16-14-34(25(36)37-26(3,4)5)11-10-33(16)15-18-8-9-28-22(12-18)31-24-29-20-7-6-19(13-21(20)30-24)23(35)38-32-17(2)27/h6-9,12-13,16H,10-11,14-15H2,1-5H3,(H2,27,32)(H2,28,29,30,31)/t16-/m1/s1. The van der Waals surface area contributed by atoms with E-state index in [2.05, 4.69) is 37.6 Å². The molecule has 0 aliphatic carbocycles. The number of H-pyrrole nitrogens is 1. The fourth-order valence-corrected chi connectivity index (χ4v) is 4.10. The Kier molecular flexibility index (Phi) is 7.81. The summed E-state index contributed by atoms with van der Waals surface area (Å²) in [6, 6.07) is 9.08. The summed E-state index contributed by atoms with van der Waals surface area (Å²) >= 11 is 0. The third kappa shape index (κ3) is 6.97. The van der Waals surface area contributed by atoms with Crippen molar-refractivity contribution < 1.29 is 19.2 Å². The number of hydrogen-bond acceptors (Lipinski definition) is 9. The van der Waals surface area contributed by atoms with Crippen LogP contribution in [0, 0.1) is 5.41 Å². The van der Waals surface area contributed by atoms with Gasteiger partial charge in [-0.15, -0.1) is 0 Å². The van der Waals surface area contributed by atoms with Crippen molar-refractivity contribution in [1.29, 1.82) is 5.41 Å². The number of ether oxygens (including phenoxy) is 1. The van der Waals surface area contributed by atoms with Crippen molar-refractivity contribution >= 4 is 40.7 Å². The average molecular weight is 523 g/mol. The van der Waals surface area contributed by atoms with Crippen LogP contribution in [0.4, 0.5) is 16.6 Å². The van der Waals surface area contributed by atoms with Crippen LogP contribution in [-0.2, 0) is 16.1 Å². The molecule has 202 valence electrons. The number of pyridine rings is 1. The molecule has 0 radical (unpaired) electrons. The smallest absolute Gasteiger partial charge is 0.410 e. The van der Waals surface area contributed by atoms with Crippen LogP contribution >= 0.6 is 0 Å². The Bertz CT molecular complexity index is 1330. The molecule has 3 aromatic rings. The molecule has 2 aromatic heterocycles. The van der Waals surface area contributed by atoms with E-state index >= 15 is 0 Å². The molecule has 1 aliphatic heterocycles. The number of fused-ring (bicyclic) bond motifs is 1. The molecule has 0 bridgehead atoms. The van der Waals surface area contributed by atoms with Gasteiger partial charge in [0.15, 0.2) is 0 Å². The van der Waals surface area contributed by atoms with Crippen molar-refractivity contribution in [1.82, 2.24) is 30.2 Å². The highest BCUT2D eigenvalue weighted by atomic mass is 16.7. The van der Waals surface area contributed by atoms with Gasteiger partial charge in [-0.2, -0.15) is 0 Å². The molecule has 0 spiro atoms. The first-order valence-corrected chi connectivity index (χ1v) is 12.4. The van der Waals surface area contributed by atoms with Gasteiger partial charge < -0.3 is 24.8 Å². The Morgan fingerprint density at radius 2 is 2.00 bits per heavy atom. The number of amides is 1. The van der Waals surface area contributed by atoms with Crippen LogP contribution in [0.1, 0.15) is 50.5 Å². The van der Waals surface area contributed by atoms with E-state index in [0.717, 1.165) is 18.7 Å². The van der Waals surface area contributed by atoms with Crippen LogP contribution in [0.3, 0.4) is 0 Å². The largest absolute Gasteiger partial charge is 0.444 e. The molecular weight excluding hydrogens is 488 g/mol. The third-order valence-electron chi connectivity index (χ3n) is 5.89. The van der Waals surface area contributed by atoms with Crippen LogP contribution in [0.15, 0.2) is 36.5 Å². The van der Waals surface area contributed by atoms with Crippen LogP contribution in [0.5, 0.6) is 0 Å². The normalized spacial score (nSPS) is 16.2. The third-order valence-corrected chi connectivity index (χ3v) is 5.89. The van der Waals surface area contributed by atoms with E-state index in [1.54, 1.807) is 29.3 Å². The lowest BCUT2D eigenvalue weighted by Crippen LogP contribution is -2.54. The Balaban J connectivity index is 1.37. The van der Waals surface area contributed by atoms with Gasteiger partial charge in [-0.25, -0.2) is 25.0 Å². The number of imidazole rings is 1. The molecule has 1 aliphatic rings. The summed E-state index contributed by atoms with van der Waals surface area (Å²) in [4.78, 5) is 45.6. The predicted molar refractivity (Wildman–Crippen MR) is 143 cm³/mol. The van der Waals surface area contributed by atoms with Gasteiger partial charge in [-0.05, 0) is 70.5 Å². The fraction of sp³-hybridized carbons (Fsp3) is 0.423. The zero-order valence-corrected chi connectivity index (χ0v) is 22.3. The van der Waals surface area contributed by atoms with Crippen LogP contribution in [-0.4, -0.2) is 73.9 Å². The topological polar surface area (TPSA) is 149 Å². The first-order valence-electron chi connectivity index (χ1n) is 12.4. The van der Waals surface area contributed by atoms with Gasteiger partial charge in [0, 0.05) is 38.4 Å². The molecule has 4 rings (SSSR count).